The van der Waals surface area contributed by atoms with Gasteiger partial charge in [-0.3, -0.25) is 4.79 Å². The average Bonchev–Trinajstić information content (AvgIpc) is 3.42. The number of anilines is 1. The SMILES string of the molecule is N#CCCN(C(=O)CSc1nc(-c2cccs2)nc2ccccc12)c1ccc2c(c1)OCCO2. The van der Waals surface area contributed by atoms with Gasteiger partial charge < -0.3 is 14.4 Å². The first kappa shape index (κ1) is 22.2. The van der Waals surface area contributed by atoms with Gasteiger partial charge in [-0.05, 0) is 29.6 Å². The van der Waals surface area contributed by atoms with E-state index in [1.807, 2.05) is 47.8 Å². The van der Waals surface area contributed by atoms with Crippen molar-refractivity contribution in [1.29, 1.82) is 5.26 Å². The van der Waals surface area contributed by atoms with Crippen LogP contribution in [0.4, 0.5) is 5.69 Å². The molecule has 0 spiro atoms. The number of aromatic nitrogens is 2. The van der Waals surface area contributed by atoms with Gasteiger partial charge in [0, 0.05) is 23.7 Å². The standard InChI is InChI=1S/C25H20N4O3S2/c26-10-4-11-29(17-8-9-20-21(15-17)32-13-12-31-20)23(30)16-34-25-18-5-1-2-6-19(18)27-24(28-25)22-7-3-14-33-22/h1-3,5-9,14-15H,4,11-13,16H2. The van der Waals surface area contributed by atoms with Crippen molar-refractivity contribution in [2.24, 2.45) is 0 Å². The Kier molecular flexibility index (Phi) is 6.60. The van der Waals surface area contributed by atoms with Crippen molar-refractivity contribution in [2.75, 3.05) is 30.4 Å². The van der Waals surface area contributed by atoms with Gasteiger partial charge in [-0.15, -0.1) is 11.3 Å². The molecular formula is C25H20N4O3S2. The number of hydrogen-bond acceptors (Lipinski definition) is 8. The van der Waals surface area contributed by atoms with Gasteiger partial charge in [-0.1, -0.05) is 36.0 Å². The number of nitrogens with zero attached hydrogens (tertiary/aromatic N) is 4. The normalized spacial score (nSPS) is 12.3. The number of thiophene rings is 1. The molecule has 0 saturated carbocycles. The van der Waals surface area contributed by atoms with Gasteiger partial charge in [0.1, 0.15) is 18.2 Å². The summed E-state index contributed by atoms with van der Waals surface area (Å²) >= 11 is 2.96. The number of hydrogen-bond donors (Lipinski definition) is 0. The first-order chi connectivity index (χ1) is 16.7. The number of rotatable bonds is 7. The van der Waals surface area contributed by atoms with Crippen molar-refractivity contribution in [3.63, 3.8) is 0 Å². The summed E-state index contributed by atoms with van der Waals surface area (Å²) < 4.78 is 11.3. The molecule has 34 heavy (non-hydrogen) atoms. The second-order valence-electron chi connectivity index (χ2n) is 7.42. The first-order valence-corrected chi connectivity index (χ1v) is 12.6. The van der Waals surface area contributed by atoms with Crippen molar-refractivity contribution < 1.29 is 14.3 Å². The summed E-state index contributed by atoms with van der Waals surface area (Å²) in [6.07, 6.45) is 0.226. The molecule has 0 radical (unpaired) electrons. The predicted octanol–water partition coefficient (Wildman–Crippen LogP) is 5.17. The minimum Gasteiger partial charge on any atom is -0.486 e. The van der Waals surface area contributed by atoms with Crippen molar-refractivity contribution in [3.05, 3.63) is 60.0 Å². The third-order valence-electron chi connectivity index (χ3n) is 5.23. The van der Waals surface area contributed by atoms with Gasteiger partial charge in [0.05, 0.1) is 28.6 Å². The predicted molar refractivity (Wildman–Crippen MR) is 134 cm³/mol. The van der Waals surface area contributed by atoms with Crippen molar-refractivity contribution in [3.8, 4) is 28.3 Å². The summed E-state index contributed by atoms with van der Waals surface area (Å²) in [5.41, 5.74) is 1.51. The van der Waals surface area contributed by atoms with Gasteiger partial charge in [0.25, 0.3) is 0 Å². The molecule has 2 aromatic carbocycles. The largest absolute Gasteiger partial charge is 0.486 e. The van der Waals surface area contributed by atoms with Crippen LogP contribution in [0.1, 0.15) is 6.42 Å². The van der Waals surface area contributed by atoms with Crippen molar-refractivity contribution >= 4 is 45.6 Å². The van der Waals surface area contributed by atoms with Gasteiger partial charge in [0.2, 0.25) is 5.91 Å². The van der Waals surface area contributed by atoms with Gasteiger partial charge in [0.15, 0.2) is 17.3 Å². The molecule has 0 unspecified atom stereocenters. The quantitative estimate of drug-likeness (QED) is 0.262. The average molecular weight is 489 g/mol. The van der Waals surface area contributed by atoms with Crippen LogP contribution >= 0.6 is 23.1 Å². The number of thioether (sulfide) groups is 1. The molecule has 0 aliphatic carbocycles. The molecule has 0 bridgehead atoms. The molecule has 2 aromatic heterocycles. The highest BCUT2D eigenvalue weighted by atomic mass is 32.2. The molecule has 9 heteroatoms. The maximum Gasteiger partial charge on any atom is 0.237 e. The number of fused-ring (bicyclic) bond motifs is 2. The van der Waals surface area contributed by atoms with E-state index in [1.165, 1.54) is 11.8 Å². The summed E-state index contributed by atoms with van der Waals surface area (Å²) in [5.74, 6) is 1.97. The molecule has 0 N–H and O–H groups in total. The Balaban J connectivity index is 1.41. The first-order valence-electron chi connectivity index (χ1n) is 10.7. The fourth-order valence-electron chi connectivity index (χ4n) is 3.64. The van der Waals surface area contributed by atoms with Crippen LogP contribution in [0.3, 0.4) is 0 Å². The zero-order valence-electron chi connectivity index (χ0n) is 18.1. The van der Waals surface area contributed by atoms with E-state index in [0.717, 1.165) is 20.8 Å². The Morgan fingerprint density at radius 3 is 2.76 bits per heavy atom. The van der Waals surface area contributed by atoms with Crippen LogP contribution in [-0.4, -0.2) is 41.4 Å². The maximum atomic E-state index is 13.3. The summed E-state index contributed by atoms with van der Waals surface area (Å²) in [5, 5.41) is 12.8. The van der Waals surface area contributed by atoms with Gasteiger partial charge in [-0.25, -0.2) is 9.97 Å². The highest BCUT2D eigenvalue weighted by Gasteiger charge is 2.21. The van der Waals surface area contributed by atoms with E-state index in [4.69, 9.17) is 24.7 Å². The number of ether oxygens (including phenoxy) is 2. The summed E-state index contributed by atoms with van der Waals surface area (Å²) in [6, 6.07) is 19.3. The summed E-state index contributed by atoms with van der Waals surface area (Å²) in [6.45, 7) is 1.26. The zero-order chi connectivity index (χ0) is 23.3. The van der Waals surface area contributed by atoms with Gasteiger partial charge in [-0.2, -0.15) is 5.26 Å². The molecule has 4 aromatic rings. The van der Waals surface area contributed by atoms with Crippen molar-refractivity contribution in [1.82, 2.24) is 9.97 Å². The van der Waals surface area contributed by atoms with E-state index in [1.54, 1.807) is 28.4 Å². The van der Waals surface area contributed by atoms with Crippen LogP contribution < -0.4 is 14.4 Å². The lowest BCUT2D eigenvalue weighted by molar-refractivity contribution is -0.116. The van der Waals surface area contributed by atoms with E-state index in [0.29, 0.717) is 42.8 Å². The zero-order valence-corrected chi connectivity index (χ0v) is 19.8. The number of amides is 1. The van der Waals surface area contributed by atoms with E-state index in [9.17, 15) is 4.79 Å². The molecule has 3 heterocycles. The second-order valence-corrected chi connectivity index (χ2v) is 9.33. The molecule has 7 nitrogen and oxygen atoms in total. The molecular weight excluding hydrogens is 468 g/mol. The Hall–Kier alpha value is -3.61. The third kappa shape index (κ3) is 4.69. The number of carbonyl (C=O) groups is 1. The number of nitriles is 1. The third-order valence-corrected chi connectivity index (χ3v) is 7.07. The monoisotopic (exact) mass is 488 g/mol. The second kappa shape index (κ2) is 10.1. The molecule has 0 saturated heterocycles. The summed E-state index contributed by atoms with van der Waals surface area (Å²) in [7, 11) is 0. The van der Waals surface area contributed by atoms with Crippen LogP contribution in [0.15, 0.2) is 65.0 Å². The molecule has 0 fully saturated rings. The van der Waals surface area contributed by atoms with Crippen molar-refractivity contribution in [2.45, 2.75) is 11.4 Å². The fourth-order valence-corrected chi connectivity index (χ4v) is 5.19. The number of para-hydroxylation sites is 1. The van der Waals surface area contributed by atoms with E-state index >= 15 is 0 Å². The number of benzene rings is 2. The van der Waals surface area contributed by atoms with Crippen LogP contribution in [0.5, 0.6) is 11.5 Å². The lowest BCUT2D eigenvalue weighted by atomic mass is 10.2. The lowest BCUT2D eigenvalue weighted by Crippen LogP contribution is -2.33. The van der Waals surface area contributed by atoms with Gasteiger partial charge >= 0.3 is 0 Å². The molecule has 1 aliphatic rings. The minimum atomic E-state index is -0.114. The number of carbonyl (C=O) groups excluding carboxylic acids is 1. The van der Waals surface area contributed by atoms with Crippen LogP contribution in [0, 0.1) is 11.3 Å². The molecule has 5 rings (SSSR count). The van der Waals surface area contributed by atoms with E-state index in [-0.39, 0.29) is 18.1 Å². The molecule has 1 aliphatic heterocycles. The van der Waals surface area contributed by atoms with E-state index < -0.39 is 0 Å². The van der Waals surface area contributed by atoms with Crippen LogP contribution in [0.2, 0.25) is 0 Å². The smallest absolute Gasteiger partial charge is 0.237 e. The highest BCUT2D eigenvalue weighted by Crippen LogP contribution is 2.35. The maximum absolute atomic E-state index is 13.3. The Morgan fingerprint density at radius 2 is 1.94 bits per heavy atom. The fraction of sp³-hybridized carbons (Fsp3) is 0.200. The minimum absolute atomic E-state index is 0.114. The summed E-state index contributed by atoms with van der Waals surface area (Å²) in [4.78, 5) is 25.4. The van der Waals surface area contributed by atoms with Crippen LogP contribution in [0.25, 0.3) is 21.6 Å². The molecule has 1 amide bonds. The Morgan fingerprint density at radius 1 is 1.09 bits per heavy atom. The highest BCUT2D eigenvalue weighted by molar-refractivity contribution is 8.00. The van der Waals surface area contributed by atoms with Crippen LogP contribution in [-0.2, 0) is 4.79 Å². The lowest BCUT2D eigenvalue weighted by Gasteiger charge is -2.24. The Bertz CT molecular complexity index is 1370. The molecule has 0 atom stereocenters. The molecule has 170 valence electrons. The topological polar surface area (TPSA) is 88.3 Å². The van der Waals surface area contributed by atoms with E-state index in [2.05, 4.69) is 6.07 Å². The Labute approximate surface area is 205 Å².